The van der Waals surface area contributed by atoms with Gasteiger partial charge in [-0.25, -0.2) is 4.39 Å². The molecule has 0 unspecified atom stereocenters. The van der Waals surface area contributed by atoms with Crippen molar-refractivity contribution in [1.82, 2.24) is 4.90 Å². The van der Waals surface area contributed by atoms with E-state index in [1.165, 1.54) is 7.11 Å². The third-order valence-corrected chi connectivity index (χ3v) is 3.61. The first-order valence-corrected chi connectivity index (χ1v) is 5.24. The molecule has 0 aromatic heterocycles. The molecular formula is C10H16FNO3. The Morgan fingerprint density at radius 2 is 2.47 bits per heavy atom. The average Bonchev–Trinajstić information content (AvgIpc) is 2.71. The van der Waals surface area contributed by atoms with E-state index >= 15 is 0 Å². The van der Waals surface area contributed by atoms with Gasteiger partial charge in [0, 0.05) is 19.0 Å². The highest BCUT2D eigenvalue weighted by atomic mass is 19.1. The van der Waals surface area contributed by atoms with Gasteiger partial charge in [0.05, 0.1) is 13.7 Å². The molecule has 2 heterocycles. The van der Waals surface area contributed by atoms with Crippen molar-refractivity contribution < 1.29 is 19.0 Å². The van der Waals surface area contributed by atoms with Gasteiger partial charge in [-0.2, -0.15) is 0 Å². The number of hydrogen-bond donors (Lipinski definition) is 1. The molecule has 15 heavy (non-hydrogen) atoms. The van der Waals surface area contributed by atoms with Crippen molar-refractivity contribution in [1.29, 1.82) is 0 Å². The molecule has 2 aliphatic rings. The SMILES string of the molecule is COC(=O)[C@@]12CC[C@H](CO)N1C[C@H](F)C2. The Balaban J connectivity index is 2.25. The first-order valence-electron chi connectivity index (χ1n) is 5.24. The van der Waals surface area contributed by atoms with Gasteiger partial charge in [-0.15, -0.1) is 0 Å². The molecule has 2 saturated heterocycles. The van der Waals surface area contributed by atoms with Crippen molar-refractivity contribution in [3.8, 4) is 0 Å². The second-order valence-corrected chi connectivity index (χ2v) is 4.35. The molecule has 0 aliphatic carbocycles. The summed E-state index contributed by atoms with van der Waals surface area (Å²) in [5, 5.41) is 9.15. The first-order chi connectivity index (χ1) is 7.14. The number of carbonyl (C=O) groups excluding carboxylic acids is 1. The van der Waals surface area contributed by atoms with E-state index in [0.717, 1.165) is 6.42 Å². The van der Waals surface area contributed by atoms with Gasteiger partial charge in [0.1, 0.15) is 11.7 Å². The van der Waals surface area contributed by atoms with Gasteiger partial charge in [-0.05, 0) is 12.8 Å². The van der Waals surface area contributed by atoms with Crippen LogP contribution in [0.3, 0.4) is 0 Å². The highest BCUT2D eigenvalue weighted by Gasteiger charge is 2.58. The van der Waals surface area contributed by atoms with Crippen LogP contribution in [-0.4, -0.2) is 54.0 Å². The molecule has 2 aliphatic heterocycles. The molecule has 2 fully saturated rings. The maximum absolute atomic E-state index is 13.4. The standard InChI is InChI=1S/C10H16FNO3/c1-15-9(14)10-3-2-8(6-13)12(10)5-7(11)4-10/h7-8,13H,2-6H2,1H3/t7-,8-,10+/m1/s1. The van der Waals surface area contributed by atoms with Gasteiger partial charge in [-0.1, -0.05) is 0 Å². The number of methoxy groups -OCH3 is 1. The summed E-state index contributed by atoms with van der Waals surface area (Å²) in [5.74, 6) is -0.362. The fourth-order valence-corrected chi connectivity index (χ4v) is 2.92. The summed E-state index contributed by atoms with van der Waals surface area (Å²) in [7, 11) is 1.33. The van der Waals surface area contributed by atoms with E-state index in [9.17, 15) is 9.18 Å². The molecule has 0 bridgehead atoms. The Morgan fingerprint density at radius 3 is 3.07 bits per heavy atom. The largest absolute Gasteiger partial charge is 0.468 e. The van der Waals surface area contributed by atoms with Crippen molar-refractivity contribution in [2.45, 2.75) is 37.0 Å². The van der Waals surface area contributed by atoms with Crippen molar-refractivity contribution in [3.63, 3.8) is 0 Å². The highest BCUT2D eigenvalue weighted by Crippen LogP contribution is 2.43. The number of alkyl halides is 1. The number of rotatable bonds is 2. The number of fused-ring (bicyclic) bond motifs is 1. The van der Waals surface area contributed by atoms with Crippen LogP contribution in [-0.2, 0) is 9.53 Å². The molecule has 1 N–H and O–H groups in total. The fraction of sp³-hybridized carbons (Fsp3) is 0.900. The highest BCUT2D eigenvalue weighted by molar-refractivity contribution is 5.82. The monoisotopic (exact) mass is 217 g/mol. The van der Waals surface area contributed by atoms with E-state index in [2.05, 4.69) is 0 Å². The lowest BCUT2D eigenvalue weighted by Crippen LogP contribution is -2.49. The predicted octanol–water partition coefficient (Wildman–Crippen LogP) is 0.0967. The molecule has 86 valence electrons. The van der Waals surface area contributed by atoms with Gasteiger partial charge in [-0.3, -0.25) is 9.69 Å². The Kier molecular flexibility index (Phi) is 2.68. The van der Waals surface area contributed by atoms with Crippen LogP contribution in [0.25, 0.3) is 0 Å². The molecule has 0 radical (unpaired) electrons. The summed E-state index contributed by atoms with van der Waals surface area (Å²) >= 11 is 0. The topological polar surface area (TPSA) is 49.8 Å². The summed E-state index contributed by atoms with van der Waals surface area (Å²) in [6, 6.07) is -0.0927. The number of halogens is 1. The number of esters is 1. The average molecular weight is 217 g/mol. The van der Waals surface area contributed by atoms with E-state index in [4.69, 9.17) is 9.84 Å². The maximum Gasteiger partial charge on any atom is 0.326 e. The van der Waals surface area contributed by atoms with E-state index in [-0.39, 0.29) is 31.6 Å². The van der Waals surface area contributed by atoms with Crippen LogP contribution in [0.4, 0.5) is 4.39 Å². The van der Waals surface area contributed by atoms with Crippen LogP contribution < -0.4 is 0 Å². The molecule has 0 aromatic carbocycles. The summed E-state index contributed by atoms with van der Waals surface area (Å²) in [6.45, 7) is 0.214. The van der Waals surface area contributed by atoms with Crippen LogP contribution >= 0.6 is 0 Å². The Morgan fingerprint density at radius 1 is 1.73 bits per heavy atom. The van der Waals surface area contributed by atoms with Crippen LogP contribution in [0.1, 0.15) is 19.3 Å². The van der Waals surface area contributed by atoms with Crippen LogP contribution in [0.15, 0.2) is 0 Å². The maximum atomic E-state index is 13.4. The van der Waals surface area contributed by atoms with E-state index in [0.29, 0.717) is 6.42 Å². The number of aliphatic hydroxyl groups is 1. The molecule has 2 rings (SSSR count). The molecule has 0 aromatic rings. The first kappa shape index (κ1) is 10.8. The van der Waals surface area contributed by atoms with Gasteiger partial charge in [0.25, 0.3) is 0 Å². The summed E-state index contributed by atoms with van der Waals surface area (Å²) < 4.78 is 18.1. The minimum Gasteiger partial charge on any atom is -0.468 e. The Bertz CT molecular complexity index is 273. The zero-order valence-electron chi connectivity index (χ0n) is 8.78. The lowest BCUT2D eigenvalue weighted by atomic mass is 9.94. The van der Waals surface area contributed by atoms with Crippen molar-refractivity contribution >= 4 is 5.97 Å². The smallest absolute Gasteiger partial charge is 0.326 e. The predicted molar refractivity (Wildman–Crippen MR) is 51.1 cm³/mol. The lowest BCUT2D eigenvalue weighted by Gasteiger charge is -2.31. The quantitative estimate of drug-likeness (QED) is 0.666. The third kappa shape index (κ3) is 1.45. The summed E-state index contributed by atoms with van der Waals surface area (Å²) in [6.07, 6.45) is 0.540. The molecule has 0 amide bonds. The summed E-state index contributed by atoms with van der Waals surface area (Å²) in [5.41, 5.74) is -0.804. The van der Waals surface area contributed by atoms with Crippen LogP contribution in [0.2, 0.25) is 0 Å². The zero-order chi connectivity index (χ0) is 11.1. The molecule has 5 heteroatoms. The number of carbonyl (C=O) groups is 1. The summed E-state index contributed by atoms with van der Waals surface area (Å²) in [4.78, 5) is 13.5. The molecule has 4 nitrogen and oxygen atoms in total. The van der Waals surface area contributed by atoms with Gasteiger partial charge in [0.2, 0.25) is 0 Å². The lowest BCUT2D eigenvalue weighted by molar-refractivity contribution is -0.152. The van der Waals surface area contributed by atoms with Crippen LogP contribution in [0.5, 0.6) is 0 Å². The Hall–Kier alpha value is -0.680. The van der Waals surface area contributed by atoms with Crippen LogP contribution in [0, 0.1) is 0 Å². The minimum atomic E-state index is -0.988. The fourth-order valence-electron chi connectivity index (χ4n) is 2.92. The normalized spacial score (nSPS) is 40.5. The minimum absolute atomic E-state index is 0.0224. The van der Waals surface area contributed by atoms with Gasteiger partial charge in [0.15, 0.2) is 0 Å². The second-order valence-electron chi connectivity index (χ2n) is 4.35. The molecule has 0 spiro atoms. The number of nitrogens with zero attached hydrogens (tertiary/aromatic N) is 1. The van der Waals surface area contributed by atoms with E-state index in [1.54, 1.807) is 4.90 Å². The van der Waals surface area contributed by atoms with Gasteiger partial charge < -0.3 is 9.84 Å². The molecule has 3 atom stereocenters. The Labute approximate surface area is 88.0 Å². The zero-order valence-corrected chi connectivity index (χ0v) is 8.78. The van der Waals surface area contributed by atoms with E-state index < -0.39 is 11.7 Å². The number of ether oxygens (including phenoxy) is 1. The molecule has 0 saturated carbocycles. The van der Waals surface area contributed by atoms with Crippen molar-refractivity contribution in [2.75, 3.05) is 20.3 Å². The second kappa shape index (κ2) is 3.72. The van der Waals surface area contributed by atoms with Crippen molar-refractivity contribution in [3.05, 3.63) is 0 Å². The van der Waals surface area contributed by atoms with Crippen molar-refractivity contribution in [2.24, 2.45) is 0 Å². The molecular weight excluding hydrogens is 201 g/mol. The third-order valence-electron chi connectivity index (χ3n) is 3.61. The number of aliphatic hydroxyl groups excluding tert-OH is 1. The van der Waals surface area contributed by atoms with E-state index in [1.807, 2.05) is 0 Å². The van der Waals surface area contributed by atoms with Gasteiger partial charge >= 0.3 is 5.97 Å². The number of hydrogen-bond acceptors (Lipinski definition) is 4.